The highest BCUT2D eigenvalue weighted by Crippen LogP contribution is 2.19. The monoisotopic (exact) mass is 335 g/mol. The average Bonchev–Trinajstić information content (AvgIpc) is 2.57. The molecule has 1 atom stereocenters. The lowest BCUT2D eigenvalue weighted by Gasteiger charge is -2.32. The van der Waals surface area contributed by atoms with Crippen LogP contribution in [-0.4, -0.2) is 54.3 Å². The number of hydrogen-bond acceptors (Lipinski definition) is 4. The van der Waals surface area contributed by atoms with Crippen molar-refractivity contribution < 1.29 is 24.2 Å². The summed E-state index contributed by atoms with van der Waals surface area (Å²) in [6.45, 7) is 5.37. The highest BCUT2D eigenvalue weighted by molar-refractivity contribution is 5.83. The van der Waals surface area contributed by atoms with E-state index in [0.29, 0.717) is 32.6 Å². The Bertz CT molecular complexity index is 587. The maximum absolute atomic E-state index is 12.2. The Morgan fingerprint density at radius 1 is 1.33 bits per heavy atom. The highest BCUT2D eigenvalue weighted by Gasteiger charge is 2.32. The highest BCUT2D eigenvalue weighted by atomic mass is 16.5. The van der Waals surface area contributed by atoms with Gasteiger partial charge in [0.15, 0.2) is 6.04 Å². The van der Waals surface area contributed by atoms with E-state index in [1.165, 1.54) is 4.90 Å². The zero-order valence-corrected chi connectivity index (χ0v) is 14.3. The number of unbranched alkanes of at least 4 members (excludes halogenated alkanes) is 1. The van der Waals surface area contributed by atoms with Crippen LogP contribution in [0.5, 0.6) is 5.75 Å². The number of aliphatic carboxylic acids is 1. The van der Waals surface area contributed by atoms with E-state index < -0.39 is 12.0 Å². The molecule has 1 aliphatic rings. The Labute approximate surface area is 142 Å². The molecule has 0 bridgehead atoms. The number of rotatable bonds is 7. The van der Waals surface area contributed by atoms with Gasteiger partial charge in [0.05, 0.1) is 19.8 Å². The second kappa shape index (κ2) is 8.68. The lowest BCUT2D eigenvalue weighted by Crippen LogP contribution is -2.52. The number of amides is 1. The van der Waals surface area contributed by atoms with Crippen molar-refractivity contribution in [3.05, 3.63) is 29.3 Å². The molecule has 0 spiro atoms. The molecule has 132 valence electrons. The second-order valence-electron chi connectivity index (χ2n) is 6.09. The Morgan fingerprint density at radius 2 is 2.12 bits per heavy atom. The average molecular weight is 335 g/mol. The zero-order valence-electron chi connectivity index (χ0n) is 14.3. The van der Waals surface area contributed by atoms with Crippen molar-refractivity contribution in [2.75, 3.05) is 26.4 Å². The standard InChI is InChI=1S/C18H25NO5/c1-13-6-7-14(2)16(11-13)24-9-4-3-5-17(20)19-8-10-23-12-15(19)18(21)22/h6-7,11,15H,3-5,8-10,12H2,1-2H3,(H,21,22)/t15-/m1/s1. The number of nitrogens with zero attached hydrogens (tertiary/aromatic N) is 1. The fourth-order valence-corrected chi connectivity index (χ4v) is 2.67. The number of carbonyl (C=O) groups is 2. The quantitative estimate of drug-likeness (QED) is 0.773. The summed E-state index contributed by atoms with van der Waals surface area (Å²) in [4.78, 5) is 24.8. The fourth-order valence-electron chi connectivity index (χ4n) is 2.67. The smallest absolute Gasteiger partial charge is 0.328 e. The van der Waals surface area contributed by atoms with Gasteiger partial charge in [0.1, 0.15) is 5.75 Å². The maximum Gasteiger partial charge on any atom is 0.328 e. The van der Waals surface area contributed by atoms with Gasteiger partial charge in [-0.3, -0.25) is 4.79 Å². The third-order valence-electron chi connectivity index (χ3n) is 4.12. The number of morpholine rings is 1. The first-order valence-electron chi connectivity index (χ1n) is 8.29. The van der Waals surface area contributed by atoms with Crippen molar-refractivity contribution in [3.8, 4) is 5.75 Å². The first kappa shape index (κ1) is 18.3. The minimum absolute atomic E-state index is 0.0663. The Morgan fingerprint density at radius 3 is 2.88 bits per heavy atom. The lowest BCUT2D eigenvalue weighted by molar-refractivity contribution is -0.158. The summed E-state index contributed by atoms with van der Waals surface area (Å²) in [7, 11) is 0. The van der Waals surface area contributed by atoms with E-state index in [1.807, 2.05) is 32.0 Å². The molecule has 0 saturated carbocycles. The first-order valence-corrected chi connectivity index (χ1v) is 8.29. The summed E-state index contributed by atoms with van der Waals surface area (Å²) in [6.07, 6.45) is 1.76. The number of ether oxygens (including phenoxy) is 2. The molecule has 2 rings (SSSR count). The van der Waals surface area contributed by atoms with Crippen molar-refractivity contribution in [1.82, 2.24) is 4.90 Å². The second-order valence-corrected chi connectivity index (χ2v) is 6.09. The Kier molecular flexibility index (Phi) is 6.61. The summed E-state index contributed by atoms with van der Waals surface area (Å²) in [5.74, 6) is -0.265. The third kappa shape index (κ3) is 4.96. The van der Waals surface area contributed by atoms with Crippen LogP contribution in [0.15, 0.2) is 18.2 Å². The molecular weight excluding hydrogens is 310 g/mol. The van der Waals surface area contributed by atoms with Crippen LogP contribution in [0, 0.1) is 13.8 Å². The molecule has 1 aromatic rings. The molecule has 24 heavy (non-hydrogen) atoms. The molecule has 1 amide bonds. The van der Waals surface area contributed by atoms with Crippen LogP contribution in [0.25, 0.3) is 0 Å². The van der Waals surface area contributed by atoms with E-state index in [4.69, 9.17) is 14.6 Å². The molecule has 1 aromatic carbocycles. The van der Waals surface area contributed by atoms with Gasteiger partial charge in [-0.1, -0.05) is 12.1 Å². The summed E-state index contributed by atoms with van der Waals surface area (Å²) < 4.78 is 10.9. The van der Waals surface area contributed by atoms with Gasteiger partial charge in [-0.15, -0.1) is 0 Å². The van der Waals surface area contributed by atoms with Crippen LogP contribution in [-0.2, 0) is 14.3 Å². The minimum Gasteiger partial charge on any atom is -0.493 e. The predicted molar refractivity (Wildman–Crippen MR) is 89.2 cm³/mol. The van der Waals surface area contributed by atoms with E-state index in [-0.39, 0.29) is 12.5 Å². The molecule has 1 saturated heterocycles. The molecule has 0 aromatic heterocycles. The van der Waals surface area contributed by atoms with Crippen molar-refractivity contribution >= 4 is 11.9 Å². The van der Waals surface area contributed by atoms with Crippen LogP contribution in [0.4, 0.5) is 0 Å². The lowest BCUT2D eigenvalue weighted by atomic mass is 10.1. The molecule has 6 heteroatoms. The molecule has 6 nitrogen and oxygen atoms in total. The largest absolute Gasteiger partial charge is 0.493 e. The molecule has 0 unspecified atom stereocenters. The topological polar surface area (TPSA) is 76.1 Å². The SMILES string of the molecule is Cc1ccc(C)c(OCCCCC(=O)N2CCOC[C@@H]2C(=O)O)c1. The van der Waals surface area contributed by atoms with E-state index in [1.54, 1.807) is 0 Å². The molecule has 0 radical (unpaired) electrons. The van der Waals surface area contributed by atoms with Gasteiger partial charge in [-0.05, 0) is 43.9 Å². The van der Waals surface area contributed by atoms with Crippen LogP contribution >= 0.6 is 0 Å². The predicted octanol–water partition coefficient (Wildman–Crippen LogP) is 2.16. The van der Waals surface area contributed by atoms with Crippen molar-refractivity contribution in [2.45, 2.75) is 39.2 Å². The zero-order chi connectivity index (χ0) is 17.5. The first-order chi connectivity index (χ1) is 11.5. The van der Waals surface area contributed by atoms with Gasteiger partial charge in [-0.2, -0.15) is 0 Å². The molecular formula is C18H25NO5. The molecule has 1 fully saturated rings. The summed E-state index contributed by atoms with van der Waals surface area (Å²) in [6, 6.07) is 5.21. The van der Waals surface area contributed by atoms with Gasteiger partial charge >= 0.3 is 5.97 Å². The number of benzene rings is 1. The van der Waals surface area contributed by atoms with E-state index in [2.05, 4.69) is 0 Å². The van der Waals surface area contributed by atoms with E-state index >= 15 is 0 Å². The fraction of sp³-hybridized carbons (Fsp3) is 0.556. The van der Waals surface area contributed by atoms with Gasteiger partial charge in [0.2, 0.25) is 5.91 Å². The Hall–Kier alpha value is -2.08. The number of carboxylic acid groups (broad SMARTS) is 1. The van der Waals surface area contributed by atoms with E-state index in [9.17, 15) is 9.59 Å². The summed E-state index contributed by atoms with van der Waals surface area (Å²) >= 11 is 0. The maximum atomic E-state index is 12.2. The number of carboxylic acids is 1. The molecule has 1 N–H and O–H groups in total. The van der Waals surface area contributed by atoms with Crippen molar-refractivity contribution in [2.24, 2.45) is 0 Å². The van der Waals surface area contributed by atoms with Gasteiger partial charge < -0.3 is 19.5 Å². The van der Waals surface area contributed by atoms with Crippen molar-refractivity contribution in [3.63, 3.8) is 0 Å². The summed E-state index contributed by atoms with van der Waals surface area (Å²) in [5, 5.41) is 9.15. The number of aryl methyl sites for hydroxylation is 2. The van der Waals surface area contributed by atoms with Crippen LogP contribution in [0.1, 0.15) is 30.4 Å². The van der Waals surface area contributed by atoms with Gasteiger partial charge in [-0.25, -0.2) is 4.79 Å². The molecule has 1 aliphatic heterocycles. The Balaban J connectivity index is 1.72. The van der Waals surface area contributed by atoms with Gasteiger partial charge in [0.25, 0.3) is 0 Å². The minimum atomic E-state index is -1.01. The normalized spacial score (nSPS) is 17.6. The van der Waals surface area contributed by atoms with Crippen LogP contribution in [0.3, 0.4) is 0 Å². The molecule has 1 heterocycles. The van der Waals surface area contributed by atoms with Crippen molar-refractivity contribution in [1.29, 1.82) is 0 Å². The van der Waals surface area contributed by atoms with Crippen LogP contribution in [0.2, 0.25) is 0 Å². The third-order valence-corrected chi connectivity index (χ3v) is 4.12. The number of carbonyl (C=O) groups excluding carboxylic acids is 1. The van der Waals surface area contributed by atoms with Gasteiger partial charge in [0, 0.05) is 13.0 Å². The number of hydrogen-bond donors (Lipinski definition) is 1. The molecule has 0 aliphatic carbocycles. The van der Waals surface area contributed by atoms with E-state index in [0.717, 1.165) is 23.3 Å². The summed E-state index contributed by atoms with van der Waals surface area (Å²) in [5.41, 5.74) is 2.24. The van der Waals surface area contributed by atoms with Crippen LogP contribution < -0.4 is 4.74 Å².